The summed E-state index contributed by atoms with van der Waals surface area (Å²) < 4.78 is 0. The molecule has 0 radical (unpaired) electrons. The van der Waals surface area contributed by atoms with E-state index < -0.39 is 0 Å². The van der Waals surface area contributed by atoms with Crippen LogP contribution in [-0.4, -0.2) is 5.71 Å². The Bertz CT molecular complexity index is 246. The summed E-state index contributed by atoms with van der Waals surface area (Å²) in [7, 11) is 0. The smallest absolute Gasteiger partial charge is 0.0383 e. The molecular formula is C10H13N. The second-order valence-electron chi connectivity index (χ2n) is 2.70. The van der Waals surface area contributed by atoms with Crippen LogP contribution in [-0.2, 0) is 0 Å². The van der Waals surface area contributed by atoms with Crippen molar-refractivity contribution in [2.24, 2.45) is 0 Å². The molecule has 0 amide bonds. The minimum atomic E-state index is 0.713. The molecule has 0 atom stereocenters. The normalized spacial score (nSPS) is 9.64. The lowest BCUT2D eigenvalue weighted by Gasteiger charge is -1.99. The van der Waals surface area contributed by atoms with Crippen LogP contribution in [0.5, 0.6) is 0 Å². The fourth-order valence-electron chi connectivity index (χ4n) is 0.959. The standard InChI is InChI=1S/C10H13N/c1-3-10(11)9-6-4-8(2)5-7-9/h4-7,11H,3H2,1-2H3. The lowest BCUT2D eigenvalue weighted by atomic mass is 10.1. The molecule has 0 fully saturated rings. The molecule has 58 valence electrons. The van der Waals surface area contributed by atoms with Crippen LogP contribution < -0.4 is 0 Å². The Morgan fingerprint density at radius 2 is 1.82 bits per heavy atom. The van der Waals surface area contributed by atoms with Gasteiger partial charge in [0.15, 0.2) is 0 Å². The van der Waals surface area contributed by atoms with Crippen molar-refractivity contribution in [1.82, 2.24) is 0 Å². The fourth-order valence-corrected chi connectivity index (χ4v) is 0.959. The van der Waals surface area contributed by atoms with Gasteiger partial charge in [0.2, 0.25) is 0 Å². The highest BCUT2D eigenvalue weighted by Gasteiger charge is 1.95. The van der Waals surface area contributed by atoms with Crippen LogP contribution in [0.4, 0.5) is 0 Å². The van der Waals surface area contributed by atoms with Crippen molar-refractivity contribution >= 4 is 5.71 Å². The van der Waals surface area contributed by atoms with Crippen LogP contribution in [0.1, 0.15) is 24.5 Å². The van der Waals surface area contributed by atoms with Crippen molar-refractivity contribution in [3.8, 4) is 0 Å². The van der Waals surface area contributed by atoms with E-state index in [4.69, 9.17) is 5.41 Å². The summed E-state index contributed by atoms with van der Waals surface area (Å²) in [4.78, 5) is 0. The largest absolute Gasteiger partial charge is 0.305 e. The summed E-state index contributed by atoms with van der Waals surface area (Å²) in [6, 6.07) is 8.08. The molecule has 0 aliphatic rings. The molecule has 0 saturated carbocycles. The highest BCUT2D eigenvalue weighted by Crippen LogP contribution is 2.05. The summed E-state index contributed by atoms with van der Waals surface area (Å²) in [6.07, 6.45) is 0.809. The monoisotopic (exact) mass is 147 g/mol. The Labute approximate surface area is 67.6 Å². The molecule has 0 aliphatic heterocycles. The molecule has 0 aromatic heterocycles. The van der Waals surface area contributed by atoms with E-state index in [1.807, 2.05) is 31.2 Å². The minimum Gasteiger partial charge on any atom is -0.305 e. The van der Waals surface area contributed by atoms with Gasteiger partial charge in [0, 0.05) is 5.71 Å². The van der Waals surface area contributed by atoms with Gasteiger partial charge in [0.1, 0.15) is 0 Å². The van der Waals surface area contributed by atoms with Crippen LogP contribution in [0.2, 0.25) is 0 Å². The van der Waals surface area contributed by atoms with Crippen molar-refractivity contribution in [3.63, 3.8) is 0 Å². The van der Waals surface area contributed by atoms with E-state index in [0.717, 1.165) is 12.0 Å². The van der Waals surface area contributed by atoms with Crippen molar-refractivity contribution in [1.29, 1.82) is 5.41 Å². The third kappa shape index (κ3) is 1.90. The zero-order chi connectivity index (χ0) is 8.27. The number of rotatable bonds is 2. The van der Waals surface area contributed by atoms with Gasteiger partial charge in [-0.15, -0.1) is 0 Å². The molecule has 1 heteroatoms. The van der Waals surface area contributed by atoms with Crippen LogP contribution in [0, 0.1) is 12.3 Å². The first-order valence-corrected chi connectivity index (χ1v) is 3.88. The molecule has 1 aromatic carbocycles. The van der Waals surface area contributed by atoms with Crippen molar-refractivity contribution < 1.29 is 0 Å². The van der Waals surface area contributed by atoms with Gasteiger partial charge in [-0.05, 0) is 18.9 Å². The predicted molar refractivity (Wildman–Crippen MR) is 48.3 cm³/mol. The third-order valence-electron chi connectivity index (χ3n) is 1.75. The fraction of sp³-hybridized carbons (Fsp3) is 0.300. The number of hydrogen-bond acceptors (Lipinski definition) is 1. The van der Waals surface area contributed by atoms with Gasteiger partial charge >= 0.3 is 0 Å². The Morgan fingerprint density at radius 1 is 1.27 bits per heavy atom. The summed E-state index contributed by atoms with van der Waals surface area (Å²) in [5, 5.41) is 7.55. The Balaban J connectivity index is 2.90. The van der Waals surface area contributed by atoms with Gasteiger partial charge in [-0.25, -0.2) is 0 Å². The first kappa shape index (κ1) is 7.99. The molecule has 0 spiro atoms. The van der Waals surface area contributed by atoms with Gasteiger partial charge in [0.25, 0.3) is 0 Å². The highest BCUT2D eigenvalue weighted by atomic mass is 14.4. The Kier molecular flexibility index (Phi) is 2.42. The number of hydrogen-bond donors (Lipinski definition) is 1. The quantitative estimate of drug-likeness (QED) is 0.622. The number of benzene rings is 1. The second kappa shape index (κ2) is 3.33. The molecule has 0 aliphatic carbocycles. The van der Waals surface area contributed by atoms with Gasteiger partial charge in [-0.2, -0.15) is 0 Å². The molecule has 0 heterocycles. The summed E-state index contributed by atoms with van der Waals surface area (Å²) >= 11 is 0. The SMILES string of the molecule is CCC(=N)c1ccc(C)cc1. The van der Waals surface area contributed by atoms with E-state index in [2.05, 4.69) is 6.92 Å². The number of aryl methyl sites for hydroxylation is 1. The molecule has 0 unspecified atom stereocenters. The second-order valence-corrected chi connectivity index (χ2v) is 2.70. The maximum absolute atomic E-state index is 7.55. The topological polar surface area (TPSA) is 23.9 Å². The number of nitrogens with one attached hydrogen (secondary N) is 1. The van der Waals surface area contributed by atoms with E-state index in [1.165, 1.54) is 5.56 Å². The Hall–Kier alpha value is -1.11. The lowest BCUT2D eigenvalue weighted by Crippen LogP contribution is -1.95. The maximum atomic E-state index is 7.55. The molecule has 1 rings (SSSR count). The van der Waals surface area contributed by atoms with E-state index in [9.17, 15) is 0 Å². The van der Waals surface area contributed by atoms with Crippen molar-refractivity contribution in [3.05, 3.63) is 35.4 Å². The van der Waals surface area contributed by atoms with Crippen LogP contribution >= 0.6 is 0 Å². The van der Waals surface area contributed by atoms with Gasteiger partial charge in [-0.3, -0.25) is 0 Å². The molecule has 0 bridgehead atoms. The summed E-state index contributed by atoms with van der Waals surface area (Å²) in [5.41, 5.74) is 3.00. The predicted octanol–water partition coefficient (Wildman–Crippen LogP) is 2.77. The first-order valence-electron chi connectivity index (χ1n) is 3.88. The van der Waals surface area contributed by atoms with Crippen molar-refractivity contribution in [2.45, 2.75) is 20.3 Å². The van der Waals surface area contributed by atoms with E-state index in [0.29, 0.717) is 5.71 Å². The average molecular weight is 147 g/mol. The molecule has 1 N–H and O–H groups in total. The van der Waals surface area contributed by atoms with Gasteiger partial charge in [-0.1, -0.05) is 36.8 Å². The average Bonchev–Trinajstić information content (AvgIpc) is 2.05. The molecule has 0 saturated heterocycles. The zero-order valence-electron chi connectivity index (χ0n) is 7.02. The minimum absolute atomic E-state index is 0.713. The highest BCUT2D eigenvalue weighted by molar-refractivity contribution is 5.97. The zero-order valence-corrected chi connectivity index (χ0v) is 7.02. The molecule has 1 nitrogen and oxygen atoms in total. The summed E-state index contributed by atoms with van der Waals surface area (Å²) in [5.74, 6) is 0. The molecular weight excluding hydrogens is 134 g/mol. The molecule has 11 heavy (non-hydrogen) atoms. The summed E-state index contributed by atoms with van der Waals surface area (Å²) in [6.45, 7) is 4.06. The van der Waals surface area contributed by atoms with Gasteiger partial charge in [0.05, 0.1) is 0 Å². The van der Waals surface area contributed by atoms with Crippen LogP contribution in [0.15, 0.2) is 24.3 Å². The lowest BCUT2D eigenvalue weighted by molar-refractivity contribution is 1.24. The van der Waals surface area contributed by atoms with E-state index >= 15 is 0 Å². The van der Waals surface area contributed by atoms with Gasteiger partial charge < -0.3 is 5.41 Å². The van der Waals surface area contributed by atoms with E-state index in [-0.39, 0.29) is 0 Å². The first-order chi connectivity index (χ1) is 5.24. The van der Waals surface area contributed by atoms with Crippen LogP contribution in [0.25, 0.3) is 0 Å². The van der Waals surface area contributed by atoms with E-state index in [1.54, 1.807) is 0 Å². The Morgan fingerprint density at radius 3 is 2.27 bits per heavy atom. The molecule has 1 aromatic rings. The van der Waals surface area contributed by atoms with Crippen molar-refractivity contribution in [2.75, 3.05) is 0 Å². The van der Waals surface area contributed by atoms with Crippen LogP contribution in [0.3, 0.4) is 0 Å². The third-order valence-corrected chi connectivity index (χ3v) is 1.75. The maximum Gasteiger partial charge on any atom is 0.0383 e.